The summed E-state index contributed by atoms with van der Waals surface area (Å²) in [5.74, 6) is -6.38. The number of hydrogen-bond acceptors (Lipinski definition) is 10. The fraction of sp³-hybridized carbons (Fsp3) is 0.511. The average Bonchev–Trinajstić information content (AvgIpc) is 3.69. The molecule has 2 aromatic rings. The Bertz CT molecular complexity index is 1960. The van der Waals surface area contributed by atoms with Crippen molar-refractivity contribution in [1.82, 2.24) is 26.2 Å². The van der Waals surface area contributed by atoms with Crippen LogP contribution < -0.4 is 27.0 Å². The Kier molecular flexibility index (Phi) is 17.7. The third kappa shape index (κ3) is 13.7. The van der Waals surface area contributed by atoms with Crippen molar-refractivity contribution < 1.29 is 52.9 Å². The number of benzene rings is 2. The summed E-state index contributed by atoms with van der Waals surface area (Å²) in [6.45, 7) is 6.79. The van der Waals surface area contributed by atoms with E-state index in [1.54, 1.807) is 20.8 Å². The molecular formula is C45H60N6O11. The van der Waals surface area contributed by atoms with Gasteiger partial charge in [0.15, 0.2) is 0 Å². The first kappa shape index (κ1) is 48.6. The molecule has 7 N–H and O–H groups in total. The van der Waals surface area contributed by atoms with E-state index in [1.807, 2.05) is 30.3 Å². The zero-order chi connectivity index (χ0) is 45.6. The summed E-state index contributed by atoms with van der Waals surface area (Å²) in [7, 11) is 1.21. The largest absolute Gasteiger partial charge is 0.478 e. The summed E-state index contributed by atoms with van der Waals surface area (Å²) in [6, 6.07) is 9.12. The maximum absolute atomic E-state index is 14.9. The Morgan fingerprint density at radius 2 is 1.52 bits per heavy atom. The SMILES string of the molecule is COC(=O)/C=C/CC[C@H](NC(=O)c1ccccc1C(=O)O)C(=O)N[C@H](C(=O)N1C[C@H](OCc2ccccc2)C[C@H]1C(=O)N[C@H](C(=O)N[C@@H](C)C(N)=O)C1CCCCC1)C(C)(C)C. The van der Waals surface area contributed by atoms with Crippen molar-refractivity contribution >= 4 is 47.4 Å². The molecule has 6 atom stereocenters. The minimum atomic E-state index is -1.35. The van der Waals surface area contributed by atoms with E-state index in [2.05, 4.69) is 26.0 Å². The topological polar surface area (TPSA) is 253 Å². The molecule has 62 heavy (non-hydrogen) atoms. The standard InChI is InChI=1S/C45H60N6O11/c1-27(38(46)53)47-42(57)36(29-18-10-7-11-19-29)49-41(56)34-24-30(62-26-28-16-8-6-9-17-28)25-51(34)43(58)37(45(2,3)4)50-40(55)33(22-14-15-23-35(52)61-5)48-39(54)31-20-12-13-21-32(31)44(59)60/h6,8-9,12-13,15-17,20-21,23,27,29-30,33-34,36-37H,7,10-11,14,18-19,22,24-26H2,1-5H3,(H2,46,53)(H,47,57)(H,48,54)(H,49,56)(H,50,55)(H,59,60)/b23-15+/t27-,30+,33-,34-,36-,37+/m0/s1. The van der Waals surface area contributed by atoms with E-state index in [9.17, 15) is 43.5 Å². The van der Waals surface area contributed by atoms with Gasteiger partial charge >= 0.3 is 11.9 Å². The Labute approximate surface area is 361 Å². The van der Waals surface area contributed by atoms with Crippen molar-refractivity contribution in [2.75, 3.05) is 13.7 Å². The molecule has 1 aliphatic heterocycles. The van der Waals surface area contributed by atoms with E-state index < -0.39 is 89.1 Å². The summed E-state index contributed by atoms with van der Waals surface area (Å²) in [5, 5.41) is 20.7. The first-order valence-corrected chi connectivity index (χ1v) is 20.9. The number of primary amides is 1. The first-order chi connectivity index (χ1) is 29.4. The van der Waals surface area contributed by atoms with E-state index >= 15 is 0 Å². The second-order valence-electron chi connectivity index (χ2n) is 16.9. The van der Waals surface area contributed by atoms with Crippen LogP contribution in [-0.2, 0) is 44.8 Å². The summed E-state index contributed by atoms with van der Waals surface area (Å²) in [6.07, 6.45) is 6.10. The third-order valence-electron chi connectivity index (χ3n) is 11.2. The lowest BCUT2D eigenvalue weighted by atomic mass is 9.83. The summed E-state index contributed by atoms with van der Waals surface area (Å²) >= 11 is 0. The van der Waals surface area contributed by atoms with Gasteiger partial charge < -0.3 is 46.5 Å². The molecule has 0 bridgehead atoms. The zero-order valence-electron chi connectivity index (χ0n) is 36.0. The van der Waals surface area contributed by atoms with Gasteiger partial charge in [0.05, 0.1) is 30.9 Å². The van der Waals surface area contributed by atoms with Crippen LogP contribution in [-0.4, -0.2) is 107 Å². The minimum Gasteiger partial charge on any atom is -0.478 e. The van der Waals surface area contributed by atoms with Gasteiger partial charge in [-0.2, -0.15) is 0 Å². The number of carbonyl (C=O) groups is 8. The van der Waals surface area contributed by atoms with Gasteiger partial charge in [-0.3, -0.25) is 28.8 Å². The number of carboxylic acids is 1. The highest BCUT2D eigenvalue weighted by Crippen LogP contribution is 2.30. The van der Waals surface area contributed by atoms with Crippen LogP contribution in [0.15, 0.2) is 66.7 Å². The Morgan fingerprint density at radius 3 is 2.13 bits per heavy atom. The van der Waals surface area contributed by atoms with E-state index in [-0.39, 0.29) is 49.5 Å². The number of nitrogens with zero attached hydrogens (tertiary/aromatic N) is 1. The lowest BCUT2D eigenvalue weighted by Gasteiger charge is -2.37. The molecule has 4 rings (SSSR count). The van der Waals surface area contributed by atoms with Crippen LogP contribution in [0.3, 0.4) is 0 Å². The number of methoxy groups -OCH3 is 1. The van der Waals surface area contributed by atoms with Gasteiger partial charge in [0.2, 0.25) is 29.5 Å². The third-order valence-corrected chi connectivity index (χ3v) is 11.2. The molecule has 0 spiro atoms. The second-order valence-corrected chi connectivity index (χ2v) is 16.9. The smallest absolute Gasteiger partial charge is 0.336 e. The fourth-order valence-electron chi connectivity index (χ4n) is 7.63. The predicted molar refractivity (Wildman–Crippen MR) is 227 cm³/mol. The van der Waals surface area contributed by atoms with Crippen LogP contribution >= 0.6 is 0 Å². The number of nitrogens with two attached hydrogens (primary N) is 1. The molecule has 336 valence electrons. The number of ether oxygens (including phenoxy) is 2. The molecule has 0 unspecified atom stereocenters. The first-order valence-electron chi connectivity index (χ1n) is 20.9. The number of esters is 1. The van der Waals surface area contributed by atoms with Crippen LogP contribution in [0.1, 0.15) is 105 Å². The second kappa shape index (κ2) is 22.7. The number of carboxylic acid groups (broad SMARTS) is 1. The van der Waals surface area contributed by atoms with Crippen molar-refractivity contribution in [2.45, 2.75) is 122 Å². The molecule has 6 amide bonds. The van der Waals surface area contributed by atoms with Crippen LogP contribution in [0.25, 0.3) is 0 Å². The summed E-state index contributed by atoms with van der Waals surface area (Å²) in [4.78, 5) is 108. The predicted octanol–water partition coefficient (Wildman–Crippen LogP) is 2.76. The molecule has 1 saturated heterocycles. The highest BCUT2D eigenvalue weighted by atomic mass is 16.5. The summed E-state index contributed by atoms with van der Waals surface area (Å²) < 4.78 is 10.9. The van der Waals surface area contributed by atoms with Crippen LogP contribution in [0.2, 0.25) is 0 Å². The highest BCUT2D eigenvalue weighted by molar-refractivity contribution is 6.06. The molecule has 2 fully saturated rings. The normalized spacial score (nSPS) is 18.8. The maximum Gasteiger partial charge on any atom is 0.336 e. The highest BCUT2D eigenvalue weighted by Gasteiger charge is 2.47. The maximum atomic E-state index is 14.9. The number of aromatic carboxylic acids is 1. The number of amides is 6. The van der Waals surface area contributed by atoms with Crippen LogP contribution in [0, 0.1) is 11.3 Å². The molecule has 1 aliphatic carbocycles. The minimum absolute atomic E-state index is 0.0321. The molecule has 0 radical (unpaired) electrons. The Balaban J connectivity index is 1.65. The Hall–Kier alpha value is -6.10. The van der Waals surface area contributed by atoms with E-state index in [0.717, 1.165) is 30.9 Å². The van der Waals surface area contributed by atoms with E-state index in [0.29, 0.717) is 12.8 Å². The molecule has 17 nitrogen and oxygen atoms in total. The fourth-order valence-corrected chi connectivity index (χ4v) is 7.63. The van der Waals surface area contributed by atoms with Gasteiger partial charge in [0.1, 0.15) is 30.2 Å². The molecule has 1 saturated carbocycles. The molecule has 2 aromatic carbocycles. The number of allylic oxidation sites excluding steroid dienone is 1. The zero-order valence-corrected chi connectivity index (χ0v) is 36.0. The van der Waals surface area contributed by atoms with Crippen molar-refractivity contribution in [3.8, 4) is 0 Å². The number of rotatable bonds is 19. The van der Waals surface area contributed by atoms with Gasteiger partial charge in [-0.05, 0) is 61.6 Å². The van der Waals surface area contributed by atoms with Crippen molar-refractivity contribution in [3.63, 3.8) is 0 Å². The molecule has 0 aromatic heterocycles. The Morgan fingerprint density at radius 1 is 0.871 bits per heavy atom. The van der Waals surface area contributed by atoms with Gasteiger partial charge in [0.25, 0.3) is 5.91 Å². The van der Waals surface area contributed by atoms with Crippen molar-refractivity contribution in [3.05, 3.63) is 83.4 Å². The average molecular weight is 861 g/mol. The van der Waals surface area contributed by atoms with Gasteiger partial charge in [0, 0.05) is 19.0 Å². The van der Waals surface area contributed by atoms with Gasteiger partial charge in [-0.25, -0.2) is 9.59 Å². The number of carbonyl (C=O) groups excluding carboxylic acids is 7. The molecular weight excluding hydrogens is 801 g/mol. The quantitative estimate of drug-likeness (QED) is 0.0885. The van der Waals surface area contributed by atoms with Gasteiger partial charge in [-0.15, -0.1) is 0 Å². The van der Waals surface area contributed by atoms with Gasteiger partial charge in [-0.1, -0.05) is 88.6 Å². The lowest BCUT2D eigenvalue weighted by molar-refractivity contribution is -0.145. The van der Waals surface area contributed by atoms with E-state index in [1.165, 1.54) is 49.3 Å². The molecule has 2 aliphatic rings. The molecule has 17 heteroatoms. The number of likely N-dealkylation sites (tertiary alicyclic amines) is 1. The van der Waals surface area contributed by atoms with Crippen molar-refractivity contribution in [1.29, 1.82) is 0 Å². The lowest BCUT2D eigenvalue weighted by Crippen LogP contribution is -2.61. The monoisotopic (exact) mass is 860 g/mol. The summed E-state index contributed by atoms with van der Waals surface area (Å²) in [5.41, 5.74) is 4.86. The number of hydrogen-bond donors (Lipinski definition) is 6. The van der Waals surface area contributed by atoms with E-state index in [4.69, 9.17) is 10.5 Å². The van der Waals surface area contributed by atoms with Crippen LogP contribution in [0.4, 0.5) is 0 Å². The molecule has 1 heterocycles. The van der Waals surface area contributed by atoms with Crippen molar-refractivity contribution in [2.24, 2.45) is 17.1 Å². The number of nitrogens with one attached hydrogen (secondary N) is 4. The van der Waals surface area contributed by atoms with Crippen LogP contribution in [0.5, 0.6) is 0 Å².